The maximum Gasteiger partial charge on any atom is 0.343 e. The van der Waals surface area contributed by atoms with Gasteiger partial charge in [-0.05, 0) is 19.1 Å². The van der Waals surface area contributed by atoms with E-state index in [1.54, 1.807) is 25.9 Å². The topological polar surface area (TPSA) is 89.8 Å². The van der Waals surface area contributed by atoms with Gasteiger partial charge >= 0.3 is 5.97 Å². The third-order valence-electron chi connectivity index (χ3n) is 2.47. The summed E-state index contributed by atoms with van der Waals surface area (Å²) in [5, 5.41) is 10.6. The SMILES string of the molecule is CCOC(=O)/C(=C/N(C)C)C(=O)c1ccc([N+](=O)[O-])cc1. The van der Waals surface area contributed by atoms with Gasteiger partial charge in [-0.25, -0.2) is 4.79 Å². The summed E-state index contributed by atoms with van der Waals surface area (Å²) in [6, 6.07) is 5.05. The number of hydrogen-bond donors (Lipinski definition) is 0. The van der Waals surface area contributed by atoms with E-state index < -0.39 is 16.7 Å². The van der Waals surface area contributed by atoms with E-state index in [9.17, 15) is 19.7 Å². The number of rotatable bonds is 6. The Morgan fingerprint density at radius 1 is 1.29 bits per heavy atom. The Kier molecular flexibility index (Phi) is 5.59. The first-order chi connectivity index (χ1) is 9.86. The monoisotopic (exact) mass is 292 g/mol. The maximum atomic E-state index is 12.3. The first-order valence-electron chi connectivity index (χ1n) is 6.21. The summed E-state index contributed by atoms with van der Waals surface area (Å²) in [5.41, 5.74) is -0.0710. The lowest BCUT2D eigenvalue weighted by Crippen LogP contribution is -2.19. The average molecular weight is 292 g/mol. The molecule has 0 heterocycles. The van der Waals surface area contributed by atoms with E-state index in [0.29, 0.717) is 0 Å². The Morgan fingerprint density at radius 2 is 1.86 bits per heavy atom. The molecule has 0 saturated heterocycles. The molecule has 0 spiro atoms. The van der Waals surface area contributed by atoms with E-state index >= 15 is 0 Å². The third kappa shape index (κ3) is 4.41. The van der Waals surface area contributed by atoms with Crippen LogP contribution in [0.25, 0.3) is 0 Å². The summed E-state index contributed by atoms with van der Waals surface area (Å²) < 4.78 is 4.85. The van der Waals surface area contributed by atoms with E-state index in [4.69, 9.17) is 4.74 Å². The molecule has 1 aromatic rings. The molecular formula is C14H16N2O5. The zero-order chi connectivity index (χ0) is 16.0. The minimum absolute atomic E-state index is 0.124. The molecule has 0 aliphatic rings. The van der Waals surface area contributed by atoms with E-state index in [-0.39, 0.29) is 23.4 Å². The minimum atomic E-state index is -0.727. The number of hydrogen-bond acceptors (Lipinski definition) is 6. The number of nitro groups is 1. The molecule has 0 N–H and O–H groups in total. The van der Waals surface area contributed by atoms with Gasteiger partial charge in [-0.2, -0.15) is 0 Å². The molecule has 1 aromatic carbocycles. The third-order valence-corrected chi connectivity index (χ3v) is 2.47. The molecule has 7 nitrogen and oxygen atoms in total. The van der Waals surface area contributed by atoms with Crippen LogP contribution < -0.4 is 0 Å². The predicted molar refractivity (Wildman–Crippen MR) is 75.8 cm³/mol. The molecular weight excluding hydrogens is 276 g/mol. The van der Waals surface area contributed by atoms with Gasteiger partial charge in [0.1, 0.15) is 5.57 Å². The summed E-state index contributed by atoms with van der Waals surface area (Å²) in [5.74, 6) is -1.27. The smallest absolute Gasteiger partial charge is 0.343 e. The van der Waals surface area contributed by atoms with Crippen molar-refractivity contribution in [2.24, 2.45) is 0 Å². The highest BCUT2D eigenvalue weighted by Crippen LogP contribution is 2.16. The van der Waals surface area contributed by atoms with Crippen LogP contribution in [0.2, 0.25) is 0 Å². The second-order valence-corrected chi connectivity index (χ2v) is 4.36. The Morgan fingerprint density at radius 3 is 2.29 bits per heavy atom. The number of Topliss-reactive ketones (excluding diaryl/α,β-unsaturated/α-hetero) is 1. The van der Waals surface area contributed by atoms with Crippen LogP contribution in [0.4, 0.5) is 5.69 Å². The highest BCUT2D eigenvalue weighted by atomic mass is 16.6. The van der Waals surface area contributed by atoms with E-state index in [1.165, 1.54) is 30.5 Å². The highest BCUT2D eigenvalue weighted by molar-refractivity contribution is 6.24. The normalized spacial score (nSPS) is 10.9. The lowest BCUT2D eigenvalue weighted by atomic mass is 10.0. The van der Waals surface area contributed by atoms with Crippen molar-refractivity contribution < 1.29 is 19.2 Å². The van der Waals surface area contributed by atoms with Crippen LogP contribution in [0.5, 0.6) is 0 Å². The lowest BCUT2D eigenvalue weighted by molar-refractivity contribution is -0.384. The van der Waals surface area contributed by atoms with Crippen molar-refractivity contribution in [3.05, 3.63) is 51.7 Å². The number of carbonyl (C=O) groups is 2. The number of nitrogens with zero attached hydrogens (tertiary/aromatic N) is 2. The van der Waals surface area contributed by atoms with Crippen LogP contribution in [0.3, 0.4) is 0 Å². The number of esters is 1. The largest absolute Gasteiger partial charge is 0.462 e. The molecule has 0 atom stereocenters. The molecule has 0 aliphatic heterocycles. The van der Waals surface area contributed by atoms with Crippen LogP contribution in [-0.4, -0.2) is 42.3 Å². The molecule has 7 heteroatoms. The summed E-state index contributed by atoms with van der Waals surface area (Å²) >= 11 is 0. The molecule has 0 bridgehead atoms. The lowest BCUT2D eigenvalue weighted by Gasteiger charge is -2.10. The number of benzene rings is 1. The zero-order valence-corrected chi connectivity index (χ0v) is 12.0. The molecule has 0 unspecified atom stereocenters. The zero-order valence-electron chi connectivity index (χ0n) is 12.0. The van der Waals surface area contributed by atoms with Gasteiger partial charge in [0, 0.05) is 38.0 Å². The van der Waals surface area contributed by atoms with Crippen LogP contribution in [0.1, 0.15) is 17.3 Å². The van der Waals surface area contributed by atoms with Crippen molar-refractivity contribution in [3.63, 3.8) is 0 Å². The van der Waals surface area contributed by atoms with Crippen LogP contribution in [0, 0.1) is 10.1 Å². The Balaban J connectivity index is 3.11. The molecule has 0 radical (unpaired) electrons. The summed E-state index contributed by atoms with van der Waals surface area (Å²) in [6.07, 6.45) is 1.36. The molecule has 21 heavy (non-hydrogen) atoms. The standard InChI is InChI=1S/C14H16N2O5/c1-4-21-14(18)12(9-15(2)3)13(17)10-5-7-11(8-6-10)16(19)20/h5-9H,4H2,1-3H3/b12-9+. The van der Waals surface area contributed by atoms with Gasteiger partial charge < -0.3 is 9.64 Å². The highest BCUT2D eigenvalue weighted by Gasteiger charge is 2.22. The van der Waals surface area contributed by atoms with Crippen molar-refractivity contribution in [1.82, 2.24) is 4.90 Å². The Labute approximate surface area is 122 Å². The van der Waals surface area contributed by atoms with Gasteiger partial charge in [0.15, 0.2) is 0 Å². The minimum Gasteiger partial charge on any atom is -0.462 e. The van der Waals surface area contributed by atoms with E-state index in [2.05, 4.69) is 0 Å². The maximum absolute atomic E-state index is 12.3. The molecule has 0 amide bonds. The van der Waals surface area contributed by atoms with Gasteiger partial charge in [0.2, 0.25) is 5.78 Å². The van der Waals surface area contributed by atoms with Gasteiger partial charge in [0.25, 0.3) is 5.69 Å². The van der Waals surface area contributed by atoms with Gasteiger partial charge in [0.05, 0.1) is 11.5 Å². The second kappa shape index (κ2) is 7.18. The van der Waals surface area contributed by atoms with Crippen LogP contribution in [0.15, 0.2) is 36.0 Å². The molecule has 0 aliphatic carbocycles. The predicted octanol–water partition coefficient (Wildman–Crippen LogP) is 1.79. The summed E-state index contributed by atoms with van der Waals surface area (Å²) in [7, 11) is 3.34. The van der Waals surface area contributed by atoms with Crippen molar-refractivity contribution in [3.8, 4) is 0 Å². The first kappa shape index (κ1) is 16.4. The number of ketones is 1. The number of ether oxygens (including phenoxy) is 1. The molecule has 0 aromatic heterocycles. The molecule has 112 valence electrons. The van der Waals surface area contributed by atoms with Gasteiger partial charge in [-0.15, -0.1) is 0 Å². The molecule has 0 saturated carbocycles. The Bertz CT molecular complexity index is 576. The fourth-order valence-electron chi connectivity index (χ4n) is 1.56. The molecule has 0 fully saturated rings. The summed E-state index contributed by atoms with van der Waals surface area (Å²) in [4.78, 5) is 35.7. The van der Waals surface area contributed by atoms with Gasteiger partial charge in [-0.1, -0.05) is 0 Å². The summed E-state index contributed by atoms with van der Waals surface area (Å²) in [6.45, 7) is 1.79. The number of nitro benzene ring substituents is 1. The van der Waals surface area contributed by atoms with Crippen LogP contribution >= 0.6 is 0 Å². The van der Waals surface area contributed by atoms with E-state index in [0.717, 1.165) is 0 Å². The number of carbonyl (C=O) groups excluding carboxylic acids is 2. The van der Waals surface area contributed by atoms with Crippen molar-refractivity contribution >= 4 is 17.4 Å². The van der Waals surface area contributed by atoms with Crippen molar-refractivity contribution in [2.45, 2.75) is 6.92 Å². The van der Waals surface area contributed by atoms with Crippen molar-refractivity contribution in [2.75, 3.05) is 20.7 Å². The first-order valence-corrected chi connectivity index (χ1v) is 6.21. The second-order valence-electron chi connectivity index (χ2n) is 4.36. The fraction of sp³-hybridized carbons (Fsp3) is 0.286. The Hall–Kier alpha value is -2.70. The number of non-ortho nitro benzene ring substituents is 1. The molecule has 1 rings (SSSR count). The fourth-order valence-corrected chi connectivity index (χ4v) is 1.56. The van der Waals surface area contributed by atoms with E-state index in [1.807, 2.05) is 0 Å². The quantitative estimate of drug-likeness (QED) is 0.151. The van der Waals surface area contributed by atoms with Crippen LogP contribution in [-0.2, 0) is 9.53 Å². The average Bonchev–Trinajstić information content (AvgIpc) is 2.44. The van der Waals surface area contributed by atoms with Crippen molar-refractivity contribution in [1.29, 1.82) is 0 Å². The van der Waals surface area contributed by atoms with Gasteiger partial charge in [-0.3, -0.25) is 14.9 Å².